The molecule has 4 rings (SSSR count). The molecule has 0 radical (unpaired) electrons. The lowest BCUT2D eigenvalue weighted by Crippen LogP contribution is -2.38. The Hall–Kier alpha value is -3.24. The number of rotatable bonds is 9. The van der Waals surface area contributed by atoms with Crippen molar-refractivity contribution in [3.8, 4) is 0 Å². The van der Waals surface area contributed by atoms with Crippen molar-refractivity contribution in [3.63, 3.8) is 0 Å². The van der Waals surface area contributed by atoms with Crippen molar-refractivity contribution in [2.24, 2.45) is 5.92 Å². The molecular formula is C28H30N2O6S. The third-order valence-electron chi connectivity index (χ3n) is 6.30. The molecule has 1 aliphatic heterocycles. The summed E-state index contributed by atoms with van der Waals surface area (Å²) < 4.78 is 12.9. The Labute approximate surface area is 220 Å². The van der Waals surface area contributed by atoms with Crippen LogP contribution in [-0.2, 0) is 27.4 Å². The molecule has 8 nitrogen and oxygen atoms in total. The van der Waals surface area contributed by atoms with Gasteiger partial charge in [0.25, 0.3) is 0 Å². The molecule has 0 saturated carbocycles. The van der Waals surface area contributed by atoms with Crippen molar-refractivity contribution < 1.29 is 29.3 Å². The van der Waals surface area contributed by atoms with E-state index in [4.69, 9.17) is 9.47 Å². The number of hydrogen-bond acceptors (Lipinski definition) is 7. The maximum atomic E-state index is 11.6. The molecule has 3 N–H and O–H groups in total. The monoisotopic (exact) mass is 522 g/mol. The van der Waals surface area contributed by atoms with Crippen LogP contribution in [0.4, 0.5) is 0 Å². The van der Waals surface area contributed by atoms with Crippen LogP contribution in [0.2, 0.25) is 0 Å². The maximum absolute atomic E-state index is 11.6. The van der Waals surface area contributed by atoms with Crippen LogP contribution < -0.4 is 5.32 Å². The minimum absolute atomic E-state index is 0.0345. The zero-order valence-corrected chi connectivity index (χ0v) is 21.5. The van der Waals surface area contributed by atoms with E-state index in [2.05, 4.69) is 17.2 Å². The number of carboxylic acids is 1. The molecule has 0 bridgehead atoms. The number of nitrogens with one attached hydrogen (secondary N) is 1. The summed E-state index contributed by atoms with van der Waals surface area (Å²) in [5.74, 6) is -0.661. The van der Waals surface area contributed by atoms with Gasteiger partial charge in [-0.05, 0) is 28.8 Å². The molecule has 1 aliphatic rings. The molecule has 194 valence electrons. The highest BCUT2D eigenvalue weighted by Crippen LogP contribution is 2.43. The molecule has 1 aromatic heterocycles. The summed E-state index contributed by atoms with van der Waals surface area (Å²) in [6.45, 7) is 3.94. The Balaban J connectivity index is 1.57. The lowest BCUT2D eigenvalue weighted by atomic mass is 9.91. The predicted molar refractivity (Wildman–Crippen MR) is 139 cm³/mol. The average molecular weight is 523 g/mol. The summed E-state index contributed by atoms with van der Waals surface area (Å²) in [5, 5.41) is 22.2. The number of ether oxygens (including phenoxy) is 2. The number of carboxylic acid groups (broad SMARTS) is 1. The van der Waals surface area contributed by atoms with Crippen LogP contribution >= 0.6 is 11.8 Å². The van der Waals surface area contributed by atoms with Crippen LogP contribution in [0.15, 0.2) is 71.9 Å². The van der Waals surface area contributed by atoms with E-state index in [-0.39, 0.29) is 36.2 Å². The first-order chi connectivity index (χ1) is 17.9. The molecule has 37 heavy (non-hydrogen) atoms. The maximum Gasteiger partial charge on any atom is 0.338 e. The highest BCUT2D eigenvalue weighted by Gasteiger charge is 2.38. The molecular weight excluding hydrogens is 492 g/mol. The highest BCUT2D eigenvalue weighted by atomic mass is 32.2. The number of aliphatic hydroxyl groups excluding tert-OH is 1. The Morgan fingerprint density at radius 3 is 2.32 bits per heavy atom. The van der Waals surface area contributed by atoms with E-state index in [1.807, 2.05) is 48.5 Å². The quantitative estimate of drug-likeness (QED) is 0.352. The second-order valence-corrected chi connectivity index (χ2v) is 9.95. The SMILES string of the molecule is CC(=O)NCc1ccc([C@H]2O[C@@H](CSc3ncccc3C(=O)O)[C@@H](C)[C@@H](c3ccc(CO)cc3)O2)cc1. The number of thioether (sulfide) groups is 1. The molecule has 3 aromatic rings. The smallest absolute Gasteiger partial charge is 0.338 e. The summed E-state index contributed by atoms with van der Waals surface area (Å²) in [4.78, 5) is 27.1. The largest absolute Gasteiger partial charge is 0.478 e. The van der Waals surface area contributed by atoms with Crippen LogP contribution in [0.5, 0.6) is 0 Å². The molecule has 4 atom stereocenters. The number of carbonyl (C=O) groups excluding carboxylic acids is 1. The van der Waals surface area contributed by atoms with Gasteiger partial charge in [0, 0.05) is 36.9 Å². The molecule has 1 amide bonds. The van der Waals surface area contributed by atoms with Crippen molar-refractivity contribution in [2.75, 3.05) is 5.75 Å². The Bertz CT molecular complexity index is 1220. The molecule has 0 unspecified atom stereocenters. The highest BCUT2D eigenvalue weighted by molar-refractivity contribution is 7.99. The van der Waals surface area contributed by atoms with Crippen LogP contribution in [0.25, 0.3) is 0 Å². The van der Waals surface area contributed by atoms with Gasteiger partial charge in [0.05, 0.1) is 24.4 Å². The molecule has 1 fully saturated rings. The lowest BCUT2D eigenvalue weighted by molar-refractivity contribution is -0.268. The van der Waals surface area contributed by atoms with E-state index >= 15 is 0 Å². The fourth-order valence-corrected chi connectivity index (χ4v) is 5.31. The summed E-state index contributed by atoms with van der Waals surface area (Å²) in [5.41, 5.74) is 3.75. The number of aliphatic hydroxyl groups is 1. The molecule has 0 spiro atoms. The van der Waals surface area contributed by atoms with E-state index < -0.39 is 12.3 Å². The topological polar surface area (TPSA) is 118 Å². The van der Waals surface area contributed by atoms with Crippen LogP contribution in [0.1, 0.15) is 58.9 Å². The Kier molecular flexibility index (Phi) is 8.94. The normalized spacial score (nSPS) is 21.4. The van der Waals surface area contributed by atoms with Crippen LogP contribution in [-0.4, -0.2) is 38.9 Å². The number of benzene rings is 2. The van der Waals surface area contributed by atoms with E-state index in [1.54, 1.807) is 18.3 Å². The first-order valence-corrected chi connectivity index (χ1v) is 13.0. The molecule has 0 aliphatic carbocycles. The number of nitrogens with zero attached hydrogens (tertiary/aromatic N) is 1. The number of amides is 1. The summed E-state index contributed by atoms with van der Waals surface area (Å²) >= 11 is 1.35. The first kappa shape index (κ1) is 26.8. The third kappa shape index (κ3) is 6.75. The summed E-state index contributed by atoms with van der Waals surface area (Å²) in [7, 11) is 0. The van der Waals surface area contributed by atoms with Gasteiger partial charge in [-0.15, -0.1) is 11.8 Å². The van der Waals surface area contributed by atoms with E-state index in [1.165, 1.54) is 18.7 Å². The lowest BCUT2D eigenvalue weighted by Gasteiger charge is -2.41. The van der Waals surface area contributed by atoms with Crippen molar-refractivity contribution in [1.82, 2.24) is 10.3 Å². The molecule has 2 heterocycles. The van der Waals surface area contributed by atoms with Crippen LogP contribution in [0.3, 0.4) is 0 Å². The number of pyridine rings is 1. The number of hydrogen-bond donors (Lipinski definition) is 3. The molecule has 9 heteroatoms. The van der Waals surface area contributed by atoms with Crippen LogP contribution in [0, 0.1) is 5.92 Å². The Morgan fingerprint density at radius 2 is 1.68 bits per heavy atom. The third-order valence-corrected chi connectivity index (χ3v) is 7.40. The average Bonchev–Trinajstić information content (AvgIpc) is 2.92. The van der Waals surface area contributed by atoms with Crippen molar-refractivity contribution in [1.29, 1.82) is 0 Å². The molecule has 2 aromatic carbocycles. The summed E-state index contributed by atoms with van der Waals surface area (Å²) in [6.07, 6.45) is 0.412. The minimum Gasteiger partial charge on any atom is -0.478 e. The van der Waals surface area contributed by atoms with Gasteiger partial charge in [-0.3, -0.25) is 4.79 Å². The number of aromatic nitrogens is 1. The zero-order valence-electron chi connectivity index (χ0n) is 20.7. The van der Waals surface area contributed by atoms with Crippen molar-refractivity contribution >= 4 is 23.6 Å². The summed E-state index contributed by atoms with van der Waals surface area (Å²) in [6, 6.07) is 18.5. The van der Waals surface area contributed by atoms with Gasteiger partial charge < -0.3 is 25.0 Å². The molecule has 1 saturated heterocycles. The van der Waals surface area contributed by atoms with Gasteiger partial charge >= 0.3 is 5.97 Å². The van der Waals surface area contributed by atoms with Crippen molar-refractivity contribution in [3.05, 3.63) is 94.7 Å². The second kappa shape index (κ2) is 12.3. The number of aromatic carboxylic acids is 1. The number of carbonyl (C=O) groups is 2. The fraction of sp³-hybridized carbons (Fsp3) is 0.321. The van der Waals surface area contributed by atoms with E-state index in [0.717, 1.165) is 22.3 Å². The minimum atomic E-state index is -1.02. The van der Waals surface area contributed by atoms with Gasteiger partial charge in [0.1, 0.15) is 5.03 Å². The standard InChI is InChI=1S/C28H30N2O6S/c1-17-24(16-37-26-23(27(33)34)4-3-13-29-26)35-28(22-11-5-19(6-12-22)14-30-18(2)32)36-25(17)21-9-7-20(15-31)8-10-21/h3-13,17,24-25,28,31H,14-16H2,1-2H3,(H,30,32)(H,33,34)/t17-,24+,25+,28+/m1/s1. The van der Waals surface area contributed by atoms with Gasteiger partial charge in [0.15, 0.2) is 6.29 Å². The second-order valence-electron chi connectivity index (χ2n) is 8.95. The Morgan fingerprint density at radius 1 is 1.00 bits per heavy atom. The van der Waals surface area contributed by atoms with Crippen molar-refractivity contribution in [2.45, 2.75) is 50.5 Å². The van der Waals surface area contributed by atoms with Gasteiger partial charge in [-0.25, -0.2) is 9.78 Å². The first-order valence-electron chi connectivity index (χ1n) is 12.0. The predicted octanol–water partition coefficient (Wildman–Crippen LogP) is 4.49. The van der Waals surface area contributed by atoms with Gasteiger partial charge in [-0.2, -0.15) is 0 Å². The fourth-order valence-electron chi connectivity index (χ4n) is 4.16. The van der Waals surface area contributed by atoms with E-state index in [0.29, 0.717) is 17.3 Å². The van der Waals surface area contributed by atoms with Gasteiger partial charge in [-0.1, -0.05) is 55.5 Å². The zero-order chi connectivity index (χ0) is 26.4. The van der Waals surface area contributed by atoms with Gasteiger partial charge in [0.2, 0.25) is 5.91 Å². The van der Waals surface area contributed by atoms with E-state index in [9.17, 15) is 19.8 Å².